The van der Waals surface area contributed by atoms with Crippen molar-refractivity contribution in [2.24, 2.45) is 0 Å². The first-order valence-electron chi connectivity index (χ1n) is 10.5. The minimum Gasteiger partial charge on any atom is -0.365 e. The molecule has 2 aromatic rings. The van der Waals surface area contributed by atoms with Crippen LogP contribution in [0.2, 0.25) is 5.02 Å². The molecule has 0 spiro atoms. The minimum absolute atomic E-state index is 0.0279. The van der Waals surface area contributed by atoms with Gasteiger partial charge < -0.3 is 9.80 Å². The number of aryl methyl sites for hydroxylation is 1. The van der Waals surface area contributed by atoms with Gasteiger partial charge in [0.15, 0.2) is 9.84 Å². The summed E-state index contributed by atoms with van der Waals surface area (Å²) < 4.78 is 25.6. The standard InChI is InChI=1S/C22H27ClN4O3S/c1-16-22(17(2)27(24-16)19-9-14-31(29,30)15-19)26-12-10-25(11-13-26)21(28)8-7-18-5-3-4-6-20(18)23/h3-8,19H,9-15H2,1-2H3/b8-7+. The Morgan fingerprint density at radius 1 is 1.16 bits per heavy atom. The van der Waals surface area contributed by atoms with Crippen molar-refractivity contribution in [1.82, 2.24) is 14.7 Å². The van der Waals surface area contributed by atoms with E-state index in [1.165, 1.54) is 0 Å². The van der Waals surface area contributed by atoms with E-state index in [4.69, 9.17) is 11.6 Å². The molecule has 31 heavy (non-hydrogen) atoms. The number of rotatable bonds is 4. The van der Waals surface area contributed by atoms with Crippen LogP contribution in [0.1, 0.15) is 29.4 Å². The first kappa shape index (κ1) is 21.9. The Morgan fingerprint density at radius 3 is 2.52 bits per heavy atom. The summed E-state index contributed by atoms with van der Waals surface area (Å²) in [6, 6.07) is 7.34. The van der Waals surface area contributed by atoms with Crippen LogP contribution >= 0.6 is 11.6 Å². The summed E-state index contributed by atoms with van der Waals surface area (Å²) in [6.45, 7) is 6.63. The number of nitrogens with zero attached hydrogens (tertiary/aromatic N) is 4. The molecule has 2 aliphatic rings. The number of hydrogen-bond donors (Lipinski definition) is 0. The van der Waals surface area contributed by atoms with E-state index >= 15 is 0 Å². The van der Waals surface area contributed by atoms with E-state index in [2.05, 4.69) is 10.00 Å². The second-order valence-corrected chi connectivity index (χ2v) is 10.8. The third kappa shape index (κ3) is 4.65. The molecular weight excluding hydrogens is 436 g/mol. The fourth-order valence-electron chi connectivity index (χ4n) is 4.46. The van der Waals surface area contributed by atoms with Gasteiger partial charge in [-0.1, -0.05) is 29.8 Å². The fourth-order valence-corrected chi connectivity index (χ4v) is 6.35. The number of carbonyl (C=O) groups excluding carboxylic acids is 1. The first-order valence-corrected chi connectivity index (χ1v) is 12.7. The van der Waals surface area contributed by atoms with Gasteiger partial charge in [0.2, 0.25) is 5.91 Å². The maximum atomic E-state index is 12.6. The Hall–Kier alpha value is -2.32. The van der Waals surface area contributed by atoms with Crippen LogP contribution < -0.4 is 4.90 Å². The molecule has 2 saturated heterocycles. The lowest BCUT2D eigenvalue weighted by Gasteiger charge is -2.35. The number of sulfone groups is 1. The molecule has 1 unspecified atom stereocenters. The average Bonchev–Trinajstić information content (AvgIpc) is 3.25. The van der Waals surface area contributed by atoms with Gasteiger partial charge in [0.05, 0.1) is 34.6 Å². The Balaban J connectivity index is 1.41. The second-order valence-electron chi connectivity index (χ2n) is 8.19. The lowest BCUT2D eigenvalue weighted by atomic mass is 10.2. The fraction of sp³-hybridized carbons (Fsp3) is 0.455. The van der Waals surface area contributed by atoms with Crippen molar-refractivity contribution in [2.75, 3.05) is 42.6 Å². The predicted molar refractivity (Wildman–Crippen MR) is 123 cm³/mol. The topological polar surface area (TPSA) is 75.5 Å². The van der Waals surface area contributed by atoms with Crippen molar-refractivity contribution in [1.29, 1.82) is 0 Å². The number of halogens is 1. The average molecular weight is 463 g/mol. The van der Waals surface area contributed by atoms with E-state index < -0.39 is 9.84 Å². The number of carbonyl (C=O) groups is 1. The zero-order valence-electron chi connectivity index (χ0n) is 17.8. The highest BCUT2D eigenvalue weighted by atomic mass is 35.5. The molecule has 1 amide bonds. The summed E-state index contributed by atoms with van der Waals surface area (Å²) in [7, 11) is -2.97. The number of amides is 1. The zero-order valence-corrected chi connectivity index (χ0v) is 19.4. The number of piperazine rings is 1. The second kappa shape index (κ2) is 8.67. The van der Waals surface area contributed by atoms with Gasteiger partial charge in [-0.15, -0.1) is 0 Å². The van der Waals surface area contributed by atoms with Gasteiger partial charge in [-0.3, -0.25) is 9.48 Å². The van der Waals surface area contributed by atoms with Crippen LogP contribution in [0, 0.1) is 13.8 Å². The number of benzene rings is 1. The molecule has 7 nitrogen and oxygen atoms in total. The van der Waals surface area contributed by atoms with E-state index in [0.29, 0.717) is 37.6 Å². The van der Waals surface area contributed by atoms with Crippen LogP contribution in [0.25, 0.3) is 6.08 Å². The molecule has 1 aromatic carbocycles. The maximum absolute atomic E-state index is 12.6. The van der Waals surface area contributed by atoms with Crippen LogP contribution in [-0.4, -0.2) is 66.7 Å². The van der Waals surface area contributed by atoms with Crippen molar-refractivity contribution in [3.63, 3.8) is 0 Å². The third-order valence-electron chi connectivity index (χ3n) is 6.06. The Morgan fingerprint density at radius 2 is 1.87 bits per heavy atom. The quantitative estimate of drug-likeness (QED) is 0.653. The van der Waals surface area contributed by atoms with Crippen molar-refractivity contribution >= 4 is 39.1 Å². The van der Waals surface area contributed by atoms with Crippen molar-refractivity contribution < 1.29 is 13.2 Å². The Kier molecular flexibility index (Phi) is 6.12. The molecule has 3 heterocycles. The monoisotopic (exact) mass is 462 g/mol. The molecule has 1 aromatic heterocycles. The predicted octanol–water partition coefficient (Wildman–Crippen LogP) is 2.87. The van der Waals surface area contributed by atoms with Crippen molar-refractivity contribution in [3.8, 4) is 0 Å². The Bertz CT molecular complexity index is 1120. The normalized spacial score (nSPS) is 21.2. The van der Waals surface area contributed by atoms with Crippen molar-refractivity contribution in [2.45, 2.75) is 26.3 Å². The number of anilines is 1. The van der Waals surface area contributed by atoms with E-state index in [1.54, 1.807) is 18.2 Å². The van der Waals surface area contributed by atoms with Gasteiger partial charge in [0.1, 0.15) is 0 Å². The SMILES string of the molecule is Cc1nn(C2CCS(=O)(=O)C2)c(C)c1N1CCN(C(=O)/C=C/c2ccccc2Cl)CC1. The number of hydrogen-bond acceptors (Lipinski definition) is 5. The largest absolute Gasteiger partial charge is 0.365 e. The molecule has 2 fully saturated rings. The minimum atomic E-state index is -2.97. The summed E-state index contributed by atoms with van der Waals surface area (Å²) in [4.78, 5) is 16.7. The van der Waals surface area contributed by atoms with E-state index in [0.717, 1.165) is 22.6 Å². The molecule has 0 saturated carbocycles. The summed E-state index contributed by atoms with van der Waals surface area (Å²) in [5.41, 5.74) is 3.78. The molecule has 166 valence electrons. The van der Waals surface area contributed by atoms with Crippen LogP contribution in [0.15, 0.2) is 30.3 Å². The van der Waals surface area contributed by atoms with Gasteiger partial charge >= 0.3 is 0 Å². The summed E-state index contributed by atoms with van der Waals surface area (Å²) in [5.74, 6) is 0.363. The van der Waals surface area contributed by atoms with E-state index in [9.17, 15) is 13.2 Å². The van der Waals surface area contributed by atoms with Crippen LogP contribution in [0.3, 0.4) is 0 Å². The van der Waals surface area contributed by atoms with Crippen LogP contribution in [0.4, 0.5) is 5.69 Å². The molecule has 0 N–H and O–H groups in total. The molecule has 0 radical (unpaired) electrons. The molecule has 1 atom stereocenters. The third-order valence-corrected chi connectivity index (χ3v) is 8.15. The summed E-state index contributed by atoms with van der Waals surface area (Å²) >= 11 is 6.15. The maximum Gasteiger partial charge on any atom is 0.246 e. The highest BCUT2D eigenvalue weighted by Gasteiger charge is 2.33. The van der Waals surface area contributed by atoms with Crippen molar-refractivity contribution in [3.05, 3.63) is 52.3 Å². The highest BCUT2D eigenvalue weighted by Crippen LogP contribution is 2.31. The lowest BCUT2D eigenvalue weighted by molar-refractivity contribution is -0.126. The molecule has 2 aliphatic heterocycles. The van der Waals surface area contributed by atoms with Gasteiger partial charge in [0.25, 0.3) is 0 Å². The van der Waals surface area contributed by atoms with Gasteiger partial charge in [-0.25, -0.2) is 8.42 Å². The van der Waals surface area contributed by atoms with Gasteiger partial charge in [0, 0.05) is 37.3 Å². The molecule has 4 rings (SSSR count). The molecule has 9 heteroatoms. The van der Waals surface area contributed by atoms with E-state index in [1.807, 2.05) is 41.6 Å². The van der Waals surface area contributed by atoms with Gasteiger partial charge in [-0.2, -0.15) is 5.10 Å². The molecule has 0 bridgehead atoms. The first-order chi connectivity index (χ1) is 14.7. The van der Waals surface area contributed by atoms with Crippen LogP contribution in [-0.2, 0) is 14.6 Å². The Labute approximate surface area is 188 Å². The highest BCUT2D eigenvalue weighted by molar-refractivity contribution is 7.91. The van der Waals surface area contributed by atoms with Gasteiger partial charge in [-0.05, 0) is 38.0 Å². The summed E-state index contributed by atoms with van der Waals surface area (Å²) in [6.07, 6.45) is 3.95. The van der Waals surface area contributed by atoms with E-state index in [-0.39, 0.29) is 23.5 Å². The number of aromatic nitrogens is 2. The molecule has 0 aliphatic carbocycles. The smallest absolute Gasteiger partial charge is 0.246 e. The summed E-state index contributed by atoms with van der Waals surface area (Å²) in [5, 5.41) is 5.28. The lowest BCUT2D eigenvalue weighted by Crippen LogP contribution is -2.48. The van der Waals surface area contributed by atoms with Crippen LogP contribution in [0.5, 0.6) is 0 Å². The molecular formula is C22H27ClN4O3S. The zero-order chi connectivity index (χ0) is 22.2.